The Morgan fingerprint density at radius 2 is 2.06 bits per heavy atom. The summed E-state index contributed by atoms with van der Waals surface area (Å²) in [7, 11) is 0. The maximum Gasteiger partial charge on any atom is 0.193 e. The van der Waals surface area contributed by atoms with Crippen molar-refractivity contribution < 1.29 is 4.42 Å². The largest absolute Gasteiger partial charge is 0.448 e. The third-order valence-electron chi connectivity index (χ3n) is 2.65. The van der Waals surface area contributed by atoms with Gasteiger partial charge in [-0.1, -0.05) is 26.0 Å². The molecule has 0 saturated carbocycles. The van der Waals surface area contributed by atoms with Crippen molar-refractivity contribution in [3.63, 3.8) is 0 Å². The van der Waals surface area contributed by atoms with Crippen molar-refractivity contribution in [3.8, 4) is 0 Å². The number of nitrogens with one attached hydrogen (secondary N) is 1. The Morgan fingerprint density at radius 3 is 2.71 bits per heavy atom. The van der Waals surface area contributed by atoms with Crippen LogP contribution in [0.3, 0.4) is 0 Å². The van der Waals surface area contributed by atoms with E-state index in [1.165, 1.54) is 5.56 Å². The van der Waals surface area contributed by atoms with Crippen LogP contribution < -0.4 is 5.32 Å². The molecule has 0 aliphatic rings. The van der Waals surface area contributed by atoms with Crippen LogP contribution in [-0.4, -0.2) is 0 Å². The summed E-state index contributed by atoms with van der Waals surface area (Å²) in [5, 5.41) is 3.75. The summed E-state index contributed by atoms with van der Waals surface area (Å²) in [6.45, 7) is 5.02. The molecule has 0 spiro atoms. The molecule has 0 atom stereocenters. The molecule has 0 amide bonds. The highest BCUT2D eigenvalue weighted by atomic mass is 35.5. The highest BCUT2D eigenvalue weighted by molar-refractivity contribution is 6.28. The van der Waals surface area contributed by atoms with Gasteiger partial charge in [0, 0.05) is 5.69 Å². The molecule has 0 unspecified atom stereocenters. The molecule has 17 heavy (non-hydrogen) atoms. The van der Waals surface area contributed by atoms with Crippen LogP contribution >= 0.6 is 11.6 Å². The summed E-state index contributed by atoms with van der Waals surface area (Å²) in [6.07, 6.45) is 0. The molecule has 0 aliphatic carbocycles. The maximum atomic E-state index is 5.71. The van der Waals surface area contributed by atoms with E-state index >= 15 is 0 Å². The fourth-order valence-electron chi connectivity index (χ4n) is 1.64. The van der Waals surface area contributed by atoms with Crippen LogP contribution in [-0.2, 0) is 6.54 Å². The SMILES string of the molecule is CC(C)c1cccc(NCc2ccc(Cl)o2)c1. The van der Waals surface area contributed by atoms with Gasteiger partial charge in [-0.25, -0.2) is 0 Å². The predicted molar refractivity (Wildman–Crippen MR) is 71.6 cm³/mol. The molecular weight excluding hydrogens is 234 g/mol. The number of benzene rings is 1. The lowest BCUT2D eigenvalue weighted by molar-refractivity contribution is 0.520. The van der Waals surface area contributed by atoms with E-state index in [4.69, 9.17) is 16.0 Å². The van der Waals surface area contributed by atoms with E-state index in [2.05, 4.69) is 43.4 Å². The second kappa shape index (κ2) is 5.28. The van der Waals surface area contributed by atoms with Crippen molar-refractivity contribution in [1.29, 1.82) is 0 Å². The average Bonchev–Trinajstić information content (AvgIpc) is 2.73. The van der Waals surface area contributed by atoms with E-state index in [0.29, 0.717) is 17.7 Å². The summed E-state index contributed by atoms with van der Waals surface area (Å²) in [5.41, 5.74) is 2.43. The zero-order valence-corrected chi connectivity index (χ0v) is 10.8. The number of anilines is 1. The second-order valence-corrected chi connectivity index (χ2v) is 4.71. The highest BCUT2D eigenvalue weighted by Gasteiger charge is 2.02. The second-order valence-electron chi connectivity index (χ2n) is 4.34. The van der Waals surface area contributed by atoms with E-state index in [1.54, 1.807) is 6.07 Å². The molecule has 1 aromatic carbocycles. The van der Waals surface area contributed by atoms with E-state index in [9.17, 15) is 0 Å². The zero-order valence-electron chi connectivity index (χ0n) is 10.0. The summed E-state index contributed by atoms with van der Waals surface area (Å²) in [4.78, 5) is 0. The molecule has 0 aliphatic heterocycles. The molecule has 3 heteroatoms. The molecule has 2 rings (SSSR count). The number of hydrogen-bond acceptors (Lipinski definition) is 2. The minimum Gasteiger partial charge on any atom is -0.448 e. The minimum atomic E-state index is 0.428. The molecule has 0 bridgehead atoms. The Bertz CT molecular complexity index is 490. The fraction of sp³-hybridized carbons (Fsp3) is 0.286. The Labute approximate surface area is 107 Å². The number of halogens is 1. The molecule has 0 fully saturated rings. The topological polar surface area (TPSA) is 25.2 Å². The van der Waals surface area contributed by atoms with Crippen molar-refractivity contribution in [2.24, 2.45) is 0 Å². The Kier molecular flexibility index (Phi) is 3.75. The summed E-state index contributed by atoms with van der Waals surface area (Å²) in [6, 6.07) is 12.0. The van der Waals surface area contributed by atoms with E-state index in [1.807, 2.05) is 6.07 Å². The molecule has 1 heterocycles. The van der Waals surface area contributed by atoms with Crippen LogP contribution in [0.5, 0.6) is 0 Å². The van der Waals surface area contributed by atoms with Gasteiger partial charge in [0.1, 0.15) is 5.76 Å². The van der Waals surface area contributed by atoms with Gasteiger partial charge in [0.25, 0.3) is 0 Å². The number of hydrogen-bond donors (Lipinski definition) is 1. The van der Waals surface area contributed by atoms with Gasteiger partial charge in [0.05, 0.1) is 6.54 Å². The molecule has 0 saturated heterocycles. The van der Waals surface area contributed by atoms with Crippen molar-refractivity contribution in [3.05, 3.63) is 52.9 Å². The van der Waals surface area contributed by atoms with Crippen molar-refractivity contribution in [2.45, 2.75) is 26.3 Å². The van der Waals surface area contributed by atoms with Gasteiger partial charge in [-0.3, -0.25) is 0 Å². The Hall–Kier alpha value is -1.41. The van der Waals surface area contributed by atoms with Crippen molar-refractivity contribution in [2.75, 3.05) is 5.32 Å². The van der Waals surface area contributed by atoms with Crippen molar-refractivity contribution >= 4 is 17.3 Å². The molecule has 2 nitrogen and oxygen atoms in total. The third kappa shape index (κ3) is 3.27. The lowest BCUT2D eigenvalue weighted by atomic mass is 10.0. The van der Waals surface area contributed by atoms with Gasteiger partial charge in [-0.2, -0.15) is 0 Å². The zero-order chi connectivity index (χ0) is 12.3. The van der Waals surface area contributed by atoms with Gasteiger partial charge >= 0.3 is 0 Å². The monoisotopic (exact) mass is 249 g/mol. The van der Waals surface area contributed by atoms with Gasteiger partial charge < -0.3 is 9.73 Å². The summed E-state index contributed by atoms with van der Waals surface area (Å²) < 4.78 is 5.29. The van der Waals surface area contributed by atoms with Crippen LogP contribution in [0, 0.1) is 0 Å². The molecule has 90 valence electrons. The average molecular weight is 250 g/mol. The van der Waals surface area contributed by atoms with Gasteiger partial charge in [-0.05, 0) is 47.3 Å². The van der Waals surface area contributed by atoms with Gasteiger partial charge in [0.15, 0.2) is 5.22 Å². The maximum absolute atomic E-state index is 5.71. The predicted octanol–water partition coefficient (Wildman–Crippen LogP) is 4.67. The number of furan rings is 1. The molecule has 2 aromatic rings. The third-order valence-corrected chi connectivity index (χ3v) is 2.85. The lowest BCUT2D eigenvalue weighted by Crippen LogP contribution is -1.99. The van der Waals surface area contributed by atoms with Crippen molar-refractivity contribution in [1.82, 2.24) is 0 Å². The van der Waals surface area contributed by atoms with Crippen LogP contribution in [0.4, 0.5) is 5.69 Å². The fourth-order valence-corrected chi connectivity index (χ4v) is 1.81. The first-order chi connectivity index (χ1) is 8.15. The van der Waals surface area contributed by atoms with Crippen LogP contribution in [0.15, 0.2) is 40.8 Å². The minimum absolute atomic E-state index is 0.428. The first kappa shape index (κ1) is 12.1. The van der Waals surface area contributed by atoms with Crippen LogP contribution in [0.1, 0.15) is 31.1 Å². The van der Waals surface area contributed by atoms with Crippen LogP contribution in [0.25, 0.3) is 0 Å². The Balaban J connectivity index is 2.01. The molecule has 0 radical (unpaired) electrons. The van der Waals surface area contributed by atoms with E-state index in [0.717, 1.165) is 11.4 Å². The summed E-state index contributed by atoms with van der Waals surface area (Å²) >= 11 is 5.71. The smallest absolute Gasteiger partial charge is 0.193 e. The number of rotatable bonds is 4. The summed E-state index contributed by atoms with van der Waals surface area (Å²) in [5.74, 6) is 1.37. The standard InChI is InChI=1S/C14H16ClNO/c1-10(2)11-4-3-5-12(8-11)16-9-13-6-7-14(15)17-13/h3-8,10,16H,9H2,1-2H3. The van der Waals surface area contributed by atoms with E-state index in [-0.39, 0.29) is 0 Å². The first-order valence-corrected chi connectivity index (χ1v) is 6.11. The quantitative estimate of drug-likeness (QED) is 0.852. The lowest BCUT2D eigenvalue weighted by Gasteiger charge is -2.09. The van der Waals surface area contributed by atoms with Gasteiger partial charge in [0.2, 0.25) is 0 Å². The highest BCUT2D eigenvalue weighted by Crippen LogP contribution is 2.20. The first-order valence-electron chi connectivity index (χ1n) is 5.73. The Morgan fingerprint density at radius 1 is 1.24 bits per heavy atom. The van der Waals surface area contributed by atoms with E-state index < -0.39 is 0 Å². The normalized spacial score (nSPS) is 10.8. The van der Waals surface area contributed by atoms with Gasteiger partial charge in [-0.15, -0.1) is 0 Å². The molecular formula is C14H16ClNO. The molecule has 1 N–H and O–H groups in total. The molecule has 1 aromatic heterocycles. The van der Waals surface area contributed by atoms with Crippen LogP contribution in [0.2, 0.25) is 5.22 Å².